The van der Waals surface area contributed by atoms with Crippen LogP contribution in [-0.2, 0) is 11.2 Å². The van der Waals surface area contributed by atoms with E-state index in [0.717, 1.165) is 35.4 Å². The van der Waals surface area contributed by atoms with E-state index in [2.05, 4.69) is 0 Å². The van der Waals surface area contributed by atoms with Crippen LogP contribution in [0.4, 0.5) is 5.69 Å². The number of hydrogen-bond acceptors (Lipinski definition) is 5. The van der Waals surface area contributed by atoms with E-state index < -0.39 is 4.92 Å². The molecule has 0 N–H and O–H groups in total. The van der Waals surface area contributed by atoms with Gasteiger partial charge in [0.1, 0.15) is 5.75 Å². The third-order valence-electron chi connectivity index (χ3n) is 5.51. The first kappa shape index (κ1) is 18.2. The highest BCUT2D eigenvalue weighted by Gasteiger charge is 2.43. The Labute approximate surface area is 162 Å². The van der Waals surface area contributed by atoms with Gasteiger partial charge in [-0.1, -0.05) is 25.1 Å². The van der Waals surface area contributed by atoms with Crippen LogP contribution in [0.25, 0.3) is 0 Å². The van der Waals surface area contributed by atoms with Crippen molar-refractivity contribution < 1.29 is 14.5 Å². The minimum absolute atomic E-state index is 0.00268. The molecule has 2 aromatic rings. The van der Waals surface area contributed by atoms with Crippen LogP contribution >= 0.6 is 0 Å². The van der Waals surface area contributed by atoms with E-state index in [-0.39, 0.29) is 23.6 Å². The number of hydrazone groups is 1. The lowest BCUT2D eigenvalue weighted by molar-refractivity contribution is -0.385. The zero-order valence-electron chi connectivity index (χ0n) is 15.8. The minimum atomic E-state index is -0.409. The van der Waals surface area contributed by atoms with Crippen LogP contribution < -0.4 is 4.74 Å². The molecule has 0 bridgehead atoms. The summed E-state index contributed by atoms with van der Waals surface area (Å²) in [6.45, 7) is 1.80. The molecule has 2 aromatic carbocycles. The number of carbonyl (C=O) groups excluding carboxylic acids is 1. The van der Waals surface area contributed by atoms with Crippen LogP contribution in [0.5, 0.6) is 5.75 Å². The number of ether oxygens (including phenoxy) is 1. The Kier molecular flexibility index (Phi) is 4.58. The maximum absolute atomic E-state index is 12.7. The molecule has 4 rings (SSSR count). The smallest absolute Gasteiger partial charge is 0.269 e. The molecule has 1 heterocycles. The Balaban J connectivity index is 1.81. The van der Waals surface area contributed by atoms with Gasteiger partial charge < -0.3 is 4.74 Å². The summed E-state index contributed by atoms with van der Waals surface area (Å²) in [4.78, 5) is 23.5. The van der Waals surface area contributed by atoms with E-state index in [1.807, 2.05) is 24.3 Å². The Morgan fingerprint density at radius 2 is 2.14 bits per heavy atom. The molecule has 144 valence electrons. The summed E-state index contributed by atoms with van der Waals surface area (Å²) in [7, 11) is 1.62. The average Bonchev–Trinajstić information content (AvgIpc) is 3.12. The molecular weight excluding hydrogens is 358 g/mol. The maximum Gasteiger partial charge on any atom is 0.269 e. The predicted molar refractivity (Wildman–Crippen MR) is 104 cm³/mol. The van der Waals surface area contributed by atoms with Crippen molar-refractivity contribution in [1.82, 2.24) is 5.01 Å². The molecule has 1 aliphatic carbocycles. The summed E-state index contributed by atoms with van der Waals surface area (Å²) < 4.78 is 5.37. The number of benzene rings is 2. The fourth-order valence-corrected chi connectivity index (χ4v) is 4.14. The lowest BCUT2D eigenvalue weighted by Gasteiger charge is -2.29. The molecule has 2 aliphatic rings. The zero-order valence-corrected chi connectivity index (χ0v) is 15.8. The summed E-state index contributed by atoms with van der Waals surface area (Å²) in [5, 5.41) is 17.5. The van der Waals surface area contributed by atoms with Gasteiger partial charge in [-0.25, -0.2) is 5.01 Å². The third-order valence-corrected chi connectivity index (χ3v) is 5.51. The average molecular weight is 379 g/mol. The number of rotatable bonds is 4. The second-order valence-electron chi connectivity index (χ2n) is 7.04. The number of non-ortho nitro benzene ring substituents is 1. The Hall–Kier alpha value is -3.22. The third kappa shape index (κ3) is 2.93. The van der Waals surface area contributed by atoms with Crippen molar-refractivity contribution in [2.45, 2.75) is 32.2 Å². The molecule has 0 radical (unpaired) electrons. The molecule has 0 spiro atoms. The van der Waals surface area contributed by atoms with E-state index >= 15 is 0 Å². The molecule has 0 saturated carbocycles. The van der Waals surface area contributed by atoms with Crippen LogP contribution in [0.3, 0.4) is 0 Å². The molecule has 7 nitrogen and oxygen atoms in total. The summed E-state index contributed by atoms with van der Waals surface area (Å²) in [6.07, 6.45) is 2.02. The van der Waals surface area contributed by atoms with Gasteiger partial charge in [-0.15, -0.1) is 0 Å². The largest absolute Gasteiger partial charge is 0.497 e. The van der Waals surface area contributed by atoms with Gasteiger partial charge in [-0.3, -0.25) is 14.9 Å². The Bertz CT molecular complexity index is 985. The fourth-order valence-electron chi connectivity index (χ4n) is 4.14. The molecule has 0 fully saturated rings. The maximum atomic E-state index is 12.7. The van der Waals surface area contributed by atoms with Crippen molar-refractivity contribution in [3.63, 3.8) is 0 Å². The second-order valence-corrected chi connectivity index (χ2v) is 7.04. The number of amides is 1. The molecule has 1 amide bonds. The van der Waals surface area contributed by atoms with Crippen molar-refractivity contribution in [3.05, 3.63) is 69.3 Å². The van der Waals surface area contributed by atoms with Crippen LogP contribution in [-0.4, -0.2) is 28.7 Å². The summed E-state index contributed by atoms with van der Waals surface area (Å²) in [5.74, 6) is 0.647. The van der Waals surface area contributed by atoms with E-state index in [0.29, 0.717) is 6.42 Å². The van der Waals surface area contributed by atoms with Crippen LogP contribution in [0.1, 0.15) is 42.5 Å². The van der Waals surface area contributed by atoms with Gasteiger partial charge >= 0.3 is 0 Å². The molecule has 0 saturated heterocycles. The fraction of sp³-hybridized carbons (Fsp3) is 0.333. The van der Waals surface area contributed by atoms with Gasteiger partial charge in [0.2, 0.25) is 5.91 Å². The molecule has 7 heteroatoms. The molecular formula is C21H21N3O4. The van der Waals surface area contributed by atoms with Crippen molar-refractivity contribution in [3.8, 4) is 5.75 Å². The van der Waals surface area contributed by atoms with Crippen LogP contribution in [0.2, 0.25) is 0 Å². The zero-order chi connectivity index (χ0) is 19.8. The van der Waals surface area contributed by atoms with E-state index in [4.69, 9.17) is 9.84 Å². The minimum Gasteiger partial charge on any atom is -0.497 e. The first-order valence-electron chi connectivity index (χ1n) is 9.35. The molecule has 2 atom stereocenters. The number of carbonyl (C=O) groups is 1. The quantitative estimate of drug-likeness (QED) is 0.596. The molecule has 0 unspecified atom stereocenters. The first-order chi connectivity index (χ1) is 13.5. The van der Waals surface area contributed by atoms with E-state index in [1.165, 1.54) is 16.6 Å². The number of nitrogens with zero attached hydrogens (tertiary/aromatic N) is 3. The van der Waals surface area contributed by atoms with E-state index in [9.17, 15) is 14.9 Å². The number of aryl methyl sites for hydroxylation is 1. The second kappa shape index (κ2) is 7.07. The summed E-state index contributed by atoms with van der Waals surface area (Å²) in [5.41, 5.74) is 3.80. The molecule has 28 heavy (non-hydrogen) atoms. The number of methoxy groups -OCH3 is 1. The highest BCUT2D eigenvalue weighted by molar-refractivity contribution is 6.07. The highest BCUT2D eigenvalue weighted by atomic mass is 16.6. The van der Waals surface area contributed by atoms with Gasteiger partial charge in [0.15, 0.2) is 0 Å². The summed E-state index contributed by atoms with van der Waals surface area (Å²) in [6, 6.07) is 12.1. The van der Waals surface area contributed by atoms with E-state index in [1.54, 1.807) is 26.2 Å². The van der Waals surface area contributed by atoms with Crippen molar-refractivity contribution in [2.75, 3.05) is 7.11 Å². The summed E-state index contributed by atoms with van der Waals surface area (Å²) >= 11 is 0. The highest BCUT2D eigenvalue weighted by Crippen LogP contribution is 2.44. The monoisotopic (exact) mass is 379 g/mol. The van der Waals surface area contributed by atoms with Gasteiger partial charge in [0, 0.05) is 30.0 Å². The van der Waals surface area contributed by atoms with Crippen molar-refractivity contribution in [2.24, 2.45) is 11.0 Å². The Morgan fingerprint density at radius 3 is 2.86 bits per heavy atom. The van der Waals surface area contributed by atoms with Gasteiger partial charge in [-0.2, -0.15) is 5.10 Å². The van der Waals surface area contributed by atoms with Crippen molar-refractivity contribution >= 4 is 17.3 Å². The van der Waals surface area contributed by atoms with Crippen LogP contribution in [0.15, 0.2) is 47.6 Å². The lowest BCUT2D eigenvalue weighted by atomic mass is 9.77. The van der Waals surface area contributed by atoms with Gasteiger partial charge in [0.05, 0.1) is 23.8 Å². The van der Waals surface area contributed by atoms with Gasteiger partial charge in [-0.05, 0) is 36.1 Å². The number of nitro groups is 1. The first-order valence-corrected chi connectivity index (χ1v) is 9.35. The number of hydrogen-bond donors (Lipinski definition) is 0. The van der Waals surface area contributed by atoms with Gasteiger partial charge in [0.25, 0.3) is 5.69 Å². The molecule has 1 aliphatic heterocycles. The number of fused-ring (bicyclic) bond motifs is 3. The standard InChI is InChI=1S/C21H21N3O4/c1-3-19(25)23-21(14-5-4-6-15(11-14)24(26)27)17-10-8-13-7-9-16(28-2)12-18(13)20(17)22-23/h4-7,9,11-12,17,21H,3,8,10H2,1-2H3/t17-,21+/m1/s1. The molecule has 0 aromatic heterocycles. The SMILES string of the molecule is CCC(=O)N1N=C2c3cc(OC)ccc3CC[C@H]2[C@@H]1c1cccc([N+](=O)[O-])c1. The van der Waals surface area contributed by atoms with Crippen molar-refractivity contribution in [1.29, 1.82) is 0 Å². The normalized spacial score (nSPS) is 20.2. The lowest BCUT2D eigenvalue weighted by Crippen LogP contribution is -2.31. The Morgan fingerprint density at radius 1 is 1.32 bits per heavy atom. The topological polar surface area (TPSA) is 85.0 Å². The van der Waals surface area contributed by atoms with Crippen LogP contribution in [0, 0.1) is 16.0 Å². The predicted octanol–water partition coefficient (Wildman–Crippen LogP) is 3.86. The number of nitro benzene ring substituents is 1.